The molecule has 4 heteroatoms. The molecule has 2 heterocycles. The topological polar surface area (TPSA) is 21.3 Å². The minimum Gasteiger partial charge on any atom is -0.378 e. The van der Waals surface area contributed by atoms with Crippen LogP contribution in [0, 0.1) is 5.92 Å². The molecule has 22 heavy (non-hydrogen) atoms. The molecule has 3 atom stereocenters. The van der Waals surface area contributed by atoms with Crippen molar-refractivity contribution in [1.82, 2.24) is 0 Å². The third-order valence-corrected chi connectivity index (χ3v) is 5.14. The number of anilines is 1. The summed E-state index contributed by atoms with van der Waals surface area (Å²) in [4.78, 5) is 0. The van der Waals surface area contributed by atoms with Gasteiger partial charge in [0.15, 0.2) is 0 Å². The number of fused-ring (bicyclic) bond motifs is 3. The molecule has 2 aliphatic heterocycles. The zero-order valence-corrected chi connectivity index (χ0v) is 13.6. The van der Waals surface area contributed by atoms with E-state index in [-0.39, 0.29) is 12.1 Å². The molecule has 1 N–H and O–H groups in total. The van der Waals surface area contributed by atoms with E-state index in [2.05, 4.69) is 23.5 Å². The SMILES string of the molecule is Clc1ccc([C@@H]2Nc3ccc(Cl)cc3[C@H]3OCCC[C@H]32)cc1. The molecule has 0 bridgehead atoms. The molecule has 1 fully saturated rings. The van der Waals surface area contributed by atoms with Crippen LogP contribution in [0.5, 0.6) is 0 Å². The van der Waals surface area contributed by atoms with Crippen molar-refractivity contribution in [3.05, 3.63) is 63.6 Å². The van der Waals surface area contributed by atoms with Gasteiger partial charge in [-0.2, -0.15) is 0 Å². The van der Waals surface area contributed by atoms with Gasteiger partial charge in [-0.15, -0.1) is 0 Å². The van der Waals surface area contributed by atoms with Crippen LogP contribution in [-0.2, 0) is 4.74 Å². The lowest BCUT2D eigenvalue weighted by atomic mass is 9.77. The molecule has 2 aromatic carbocycles. The smallest absolute Gasteiger partial charge is 0.0896 e. The summed E-state index contributed by atoms with van der Waals surface area (Å²) in [6.45, 7) is 0.820. The van der Waals surface area contributed by atoms with E-state index in [1.807, 2.05) is 24.3 Å². The van der Waals surface area contributed by atoms with Crippen molar-refractivity contribution in [1.29, 1.82) is 0 Å². The van der Waals surface area contributed by atoms with E-state index in [1.165, 1.54) is 11.1 Å². The predicted octanol–water partition coefficient (Wildman–Crippen LogP) is 5.63. The van der Waals surface area contributed by atoms with Crippen molar-refractivity contribution in [3.63, 3.8) is 0 Å². The maximum Gasteiger partial charge on any atom is 0.0896 e. The van der Waals surface area contributed by atoms with Gasteiger partial charge in [0.1, 0.15) is 0 Å². The van der Waals surface area contributed by atoms with E-state index >= 15 is 0 Å². The van der Waals surface area contributed by atoms with Crippen LogP contribution in [0.1, 0.15) is 36.1 Å². The second-order valence-corrected chi connectivity index (χ2v) is 6.88. The van der Waals surface area contributed by atoms with Crippen molar-refractivity contribution in [2.75, 3.05) is 11.9 Å². The van der Waals surface area contributed by atoms with Crippen molar-refractivity contribution >= 4 is 28.9 Å². The van der Waals surface area contributed by atoms with Gasteiger partial charge in [0.05, 0.1) is 12.1 Å². The van der Waals surface area contributed by atoms with Gasteiger partial charge in [0.2, 0.25) is 0 Å². The van der Waals surface area contributed by atoms with Crippen LogP contribution >= 0.6 is 23.2 Å². The highest BCUT2D eigenvalue weighted by atomic mass is 35.5. The maximum atomic E-state index is 6.18. The van der Waals surface area contributed by atoms with Crippen LogP contribution < -0.4 is 5.32 Å². The molecule has 114 valence electrons. The normalized spacial score (nSPS) is 26.7. The summed E-state index contributed by atoms with van der Waals surface area (Å²) in [5.74, 6) is 0.417. The zero-order chi connectivity index (χ0) is 15.1. The van der Waals surface area contributed by atoms with Gasteiger partial charge < -0.3 is 10.1 Å². The molecule has 0 radical (unpaired) electrons. The largest absolute Gasteiger partial charge is 0.378 e. The first-order valence-corrected chi connectivity index (χ1v) is 8.41. The van der Waals surface area contributed by atoms with Gasteiger partial charge in [-0.05, 0) is 48.7 Å². The fraction of sp³-hybridized carbons (Fsp3) is 0.333. The second kappa shape index (κ2) is 5.77. The van der Waals surface area contributed by atoms with Crippen molar-refractivity contribution < 1.29 is 4.74 Å². The molecule has 0 unspecified atom stereocenters. The Hall–Kier alpha value is -1.22. The third kappa shape index (κ3) is 2.50. The highest BCUT2D eigenvalue weighted by Gasteiger charge is 2.39. The Labute approximate surface area is 140 Å². The second-order valence-electron chi connectivity index (χ2n) is 6.00. The van der Waals surface area contributed by atoms with E-state index in [4.69, 9.17) is 27.9 Å². The van der Waals surface area contributed by atoms with Gasteiger partial charge in [-0.3, -0.25) is 0 Å². The quantitative estimate of drug-likeness (QED) is 0.730. The number of hydrogen-bond acceptors (Lipinski definition) is 2. The van der Waals surface area contributed by atoms with Crippen LogP contribution in [0.3, 0.4) is 0 Å². The number of hydrogen-bond donors (Lipinski definition) is 1. The van der Waals surface area contributed by atoms with Crippen molar-refractivity contribution in [2.45, 2.75) is 25.0 Å². The predicted molar refractivity (Wildman–Crippen MR) is 90.7 cm³/mol. The molecule has 0 aromatic heterocycles. The molecule has 2 aromatic rings. The molecule has 0 amide bonds. The molecule has 1 saturated heterocycles. The number of ether oxygens (including phenoxy) is 1. The Morgan fingerprint density at radius 2 is 1.77 bits per heavy atom. The summed E-state index contributed by atoms with van der Waals surface area (Å²) in [7, 11) is 0. The highest BCUT2D eigenvalue weighted by molar-refractivity contribution is 6.31. The Balaban J connectivity index is 1.77. The summed E-state index contributed by atoms with van der Waals surface area (Å²) in [5.41, 5.74) is 3.56. The van der Waals surface area contributed by atoms with E-state index in [0.29, 0.717) is 5.92 Å². The third-order valence-electron chi connectivity index (χ3n) is 4.66. The van der Waals surface area contributed by atoms with Crippen LogP contribution in [0.25, 0.3) is 0 Å². The molecule has 0 saturated carbocycles. The minimum absolute atomic E-state index is 0.115. The van der Waals surface area contributed by atoms with Gasteiger partial charge in [-0.1, -0.05) is 35.3 Å². The Morgan fingerprint density at radius 3 is 2.59 bits per heavy atom. The fourth-order valence-electron chi connectivity index (χ4n) is 3.64. The molecule has 0 spiro atoms. The molecular weight excluding hydrogens is 317 g/mol. The monoisotopic (exact) mass is 333 g/mol. The standard InChI is InChI=1S/C18H17Cl2NO/c19-12-5-3-11(4-6-12)17-14-2-1-9-22-18(14)15-10-13(20)7-8-16(15)21-17/h3-8,10,14,17-18,21H,1-2,9H2/t14-,17-,18-/m0/s1. The van der Waals surface area contributed by atoms with E-state index < -0.39 is 0 Å². The first-order valence-electron chi connectivity index (χ1n) is 7.65. The van der Waals surface area contributed by atoms with E-state index in [0.717, 1.165) is 35.2 Å². The van der Waals surface area contributed by atoms with Crippen molar-refractivity contribution in [3.8, 4) is 0 Å². The lowest BCUT2D eigenvalue weighted by Gasteiger charge is -2.43. The lowest BCUT2D eigenvalue weighted by molar-refractivity contribution is -0.0381. The summed E-state index contributed by atoms with van der Waals surface area (Å²) in [5, 5.41) is 5.21. The Kier molecular flexibility index (Phi) is 3.77. The van der Waals surface area contributed by atoms with Gasteiger partial charge in [0.25, 0.3) is 0 Å². The molecule has 2 aliphatic rings. The highest BCUT2D eigenvalue weighted by Crippen LogP contribution is 2.49. The number of nitrogens with one attached hydrogen (secondary N) is 1. The summed E-state index contributed by atoms with van der Waals surface area (Å²) >= 11 is 12.2. The van der Waals surface area contributed by atoms with Crippen LogP contribution in [0.4, 0.5) is 5.69 Å². The molecule has 2 nitrogen and oxygen atoms in total. The number of halogens is 2. The summed E-state index contributed by atoms with van der Waals surface area (Å²) in [6, 6.07) is 14.4. The van der Waals surface area contributed by atoms with Crippen LogP contribution in [-0.4, -0.2) is 6.61 Å². The maximum absolute atomic E-state index is 6.18. The number of benzene rings is 2. The van der Waals surface area contributed by atoms with E-state index in [9.17, 15) is 0 Å². The summed E-state index contributed by atoms with van der Waals surface area (Å²) < 4.78 is 6.11. The van der Waals surface area contributed by atoms with Crippen molar-refractivity contribution in [2.24, 2.45) is 5.92 Å². The Bertz CT molecular complexity index is 686. The molecule has 0 aliphatic carbocycles. The van der Waals surface area contributed by atoms with E-state index in [1.54, 1.807) is 0 Å². The first-order chi connectivity index (χ1) is 10.7. The average molecular weight is 334 g/mol. The average Bonchev–Trinajstić information content (AvgIpc) is 2.55. The van der Waals surface area contributed by atoms with Gasteiger partial charge in [-0.25, -0.2) is 0 Å². The zero-order valence-electron chi connectivity index (χ0n) is 12.1. The minimum atomic E-state index is 0.115. The fourth-order valence-corrected chi connectivity index (χ4v) is 3.95. The lowest BCUT2D eigenvalue weighted by Crippen LogP contribution is -2.35. The number of rotatable bonds is 1. The summed E-state index contributed by atoms with van der Waals surface area (Å²) in [6.07, 6.45) is 2.36. The molecule has 4 rings (SSSR count). The van der Waals surface area contributed by atoms with Gasteiger partial charge >= 0.3 is 0 Å². The first kappa shape index (κ1) is 14.4. The Morgan fingerprint density at radius 1 is 1.00 bits per heavy atom. The van der Waals surface area contributed by atoms with Crippen LogP contribution in [0.2, 0.25) is 10.0 Å². The van der Waals surface area contributed by atoms with Gasteiger partial charge in [0, 0.05) is 33.8 Å². The molecular formula is C18H17Cl2NO. The van der Waals surface area contributed by atoms with Crippen LogP contribution in [0.15, 0.2) is 42.5 Å².